The van der Waals surface area contributed by atoms with Crippen LogP contribution in [0.3, 0.4) is 0 Å². The number of carbonyl (C=O) groups is 1. The minimum absolute atomic E-state index is 0.204. The van der Waals surface area contributed by atoms with Crippen molar-refractivity contribution in [3.63, 3.8) is 0 Å². The van der Waals surface area contributed by atoms with Crippen molar-refractivity contribution in [3.05, 3.63) is 93.4 Å². The number of anilines is 1. The van der Waals surface area contributed by atoms with Gasteiger partial charge in [0.1, 0.15) is 0 Å². The van der Waals surface area contributed by atoms with Crippen molar-refractivity contribution < 1.29 is 4.79 Å². The molecule has 30 heavy (non-hydrogen) atoms. The van der Waals surface area contributed by atoms with E-state index in [4.69, 9.17) is 11.6 Å². The van der Waals surface area contributed by atoms with Crippen LogP contribution in [0.25, 0.3) is 11.0 Å². The summed E-state index contributed by atoms with van der Waals surface area (Å²) < 4.78 is 3.47. The lowest BCUT2D eigenvalue weighted by molar-refractivity contribution is 0.102. The van der Waals surface area contributed by atoms with Crippen LogP contribution in [0.2, 0.25) is 5.02 Å². The van der Waals surface area contributed by atoms with Gasteiger partial charge in [-0.15, -0.1) is 0 Å². The molecule has 6 nitrogen and oxygen atoms in total. The van der Waals surface area contributed by atoms with Gasteiger partial charge in [-0.05, 0) is 36.2 Å². The second-order valence-corrected chi connectivity index (χ2v) is 7.41. The molecule has 0 aliphatic rings. The molecule has 152 valence electrons. The van der Waals surface area contributed by atoms with Crippen LogP contribution in [0.1, 0.15) is 29.3 Å². The Kier molecular flexibility index (Phi) is 5.68. The monoisotopic (exact) mass is 420 g/mol. The highest BCUT2D eigenvalue weighted by atomic mass is 35.5. The van der Waals surface area contributed by atoms with E-state index in [1.807, 2.05) is 47.0 Å². The highest BCUT2D eigenvalue weighted by Crippen LogP contribution is 2.21. The molecule has 0 saturated carbocycles. The highest BCUT2D eigenvalue weighted by molar-refractivity contribution is 6.31. The number of aromatic nitrogens is 3. The number of pyridine rings is 1. The van der Waals surface area contributed by atoms with Gasteiger partial charge in [0, 0.05) is 23.8 Å². The smallest absolute Gasteiger partial charge is 0.259 e. The predicted octanol–water partition coefficient (Wildman–Crippen LogP) is 4.56. The first kappa shape index (κ1) is 19.9. The molecule has 4 aromatic rings. The fraction of sp³-hybridized carbons (Fsp3) is 0.174. The summed E-state index contributed by atoms with van der Waals surface area (Å²) in [5.41, 5.74) is 2.77. The summed E-state index contributed by atoms with van der Waals surface area (Å²) >= 11 is 6.22. The van der Waals surface area contributed by atoms with Crippen molar-refractivity contribution in [1.29, 1.82) is 0 Å². The Bertz CT molecular complexity index is 1280. The summed E-state index contributed by atoms with van der Waals surface area (Å²) in [5.74, 6) is 0.169. The van der Waals surface area contributed by atoms with Gasteiger partial charge in [-0.25, -0.2) is 4.98 Å². The van der Waals surface area contributed by atoms with Gasteiger partial charge < -0.3 is 9.13 Å². The molecule has 1 amide bonds. The van der Waals surface area contributed by atoms with Crippen LogP contribution in [0.15, 0.2) is 71.7 Å². The molecule has 4 rings (SSSR count). The zero-order valence-corrected chi connectivity index (χ0v) is 17.3. The van der Waals surface area contributed by atoms with Crippen molar-refractivity contribution in [3.8, 4) is 0 Å². The quantitative estimate of drug-likeness (QED) is 0.497. The Balaban J connectivity index is 1.63. The normalized spacial score (nSPS) is 11.0. The van der Waals surface area contributed by atoms with Gasteiger partial charge in [0.25, 0.3) is 11.5 Å². The second-order valence-electron chi connectivity index (χ2n) is 7.01. The average Bonchev–Trinajstić information content (AvgIpc) is 3.08. The van der Waals surface area contributed by atoms with Crippen molar-refractivity contribution in [1.82, 2.24) is 14.1 Å². The van der Waals surface area contributed by atoms with Gasteiger partial charge >= 0.3 is 0 Å². The Labute approximate surface area is 178 Å². The number of benzene rings is 2. The molecular weight excluding hydrogens is 400 g/mol. The number of hydrogen-bond donors (Lipinski definition) is 1. The van der Waals surface area contributed by atoms with Crippen molar-refractivity contribution >= 4 is 34.5 Å². The third kappa shape index (κ3) is 4.00. The van der Waals surface area contributed by atoms with Crippen LogP contribution in [-0.4, -0.2) is 20.0 Å². The SMILES string of the molecule is CCCn1c(NC(=O)c2ccc(=O)n(Cc3ccccc3Cl)c2)nc2ccccc21. The predicted molar refractivity (Wildman–Crippen MR) is 119 cm³/mol. The molecule has 2 heterocycles. The van der Waals surface area contributed by atoms with E-state index in [9.17, 15) is 9.59 Å². The van der Waals surface area contributed by atoms with Gasteiger partial charge in [-0.1, -0.05) is 48.9 Å². The minimum atomic E-state index is -0.324. The number of imidazole rings is 1. The van der Waals surface area contributed by atoms with Crippen LogP contribution >= 0.6 is 11.6 Å². The molecule has 0 aliphatic heterocycles. The zero-order chi connectivity index (χ0) is 21.1. The Hall–Kier alpha value is -3.38. The van der Waals surface area contributed by atoms with Gasteiger partial charge in [0.2, 0.25) is 5.95 Å². The number of para-hydroxylation sites is 2. The standard InChI is InChI=1S/C23H21ClN4O2/c1-2-13-28-20-10-6-5-9-19(20)25-23(28)26-22(30)17-11-12-21(29)27(15-17)14-16-7-3-4-8-18(16)24/h3-12,15H,2,13-14H2,1H3,(H,25,26,30). The summed E-state index contributed by atoms with van der Waals surface area (Å²) in [6.45, 7) is 3.10. The number of halogens is 1. The van der Waals surface area contributed by atoms with Crippen molar-refractivity contribution in [2.45, 2.75) is 26.4 Å². The van der Waals surface area contributed by atoms with Gasteiger partial charge in [0.15, 0.2) is 0 Å². The molecule has 2 aromatic carbocycles. The maximum absolute atomic E-state index is 12.9. The molecule has 2 aromatic heterocycles. The van der Waals surface area contributed by atoms with Gasteiger partial charge in [0.05, 0.1) is 23.1 Å². The van der Waals surface area contributed by atoms with E-state index in [0.29, 0.717) is 16.5 Å². The molecule has 1 N–H and O–H groups in total. The van der Waals surface area contributed by atoms with Crippen LogP contribution in [0.4, 0.5) is 5.95 Å². The van der Waals surface area contributed by atoms with Crippen LogP contribution in [-0.2, 0) is 13.1 Å². The molecular formula is C23H21ClN4O2. The van der Waals surface area contributed by atoms with E-state index >= 15 is 0 Å². The minimum Gasteiger partial charge on any atom is -0.310 e. The van der Waals surface area contributed by atoms with Crippen molar-refractivity contribution in [2.24, 2.45) is 0 Å². The molecule has 0 aliphatic carbocycles. The van der Waals surface area contributed by atoms with Crippen LogP contribution < -0.4 is 10.9 Å². The molecule has 0 atom stereocenters. The second kappa shape index (κ2) is 8.55. The fourth-order valence-electron chi connectivity index (χ4n) is 3.39. The Morgan fingerprint density at radius 1 is 1.07 bits per heavy atom. The Morgan fingerprint density at radius 2 is 1.83 bits per heavy atom. The lowest BCUT2D eigenvalue weighted by atomic mass is 10.2. The number of fused-ring (bicyclic) bond motifs is 1. The van der Waals surface area contributed by atoms with E-state index < -0.39 is 0 Å². The molecule has 0 spiro atoms. The number of carbonyl (C=O) groups excluding carboxylic acids is 1. The van der Waals surface area contributed by atoms with Crippen molar-refractivity contribution in [2.75, 3.05) is 5.32 Å². The first-order valence-corrected chi connectivity index (χ1v) is 10.1. The first-order chi connectivity index (χ1) is 14.6. The number of hydrogen-bond acceptors (Lipinski definition) is 3. The summed E-state index contributed by atoms with van der Waals surface area (Å²) in [6, 6.07) is 18.0. The van der Waals surface area contributed by atoms with E-state index in [2.05, 4.69) is 17.2 Å². The fourth-order valence-corrected chi connectivity index (χ4v) is 3.59. The number of nitrogens with one attached hydrogen (secondary N) is 1. The summed E-state index contributed by atoms with van der Waals surface area (Å²) in [6.07, 6.45) is 2.46. The van der Waals surface area contributed by atoms with Gasteiger partial charge in [-0.3, -0.25) is 14.9 Å². The number of rotatable bonds is 6. The van der Waals surface area contributed by atoms with E-state index in [0.717, 1.165) is 29.6 Å². The molecule has 0 radical (unpaired) electrons. The topological polar surface area (TPSA) is 68.9 Å². The zero-order valence-electron chi connectivity index (χ0n) is 16.5. The number of nitrogens with zero attached hydrogens (tertiary/aromatic N) is 3. The summed E-state index contributed by atoms with van der Waals surface area (Å²) in [5, 5.41) is 3.47. The maximum atomic E-state index is 12.9. The average molecular weight is 421 g/mol. The van der Waals surface area contributed by atoms with Crippen LogP contribution in [0.5, 0.6) is 0 Å². The number of aryl methyl sites for hydroxylation is 1. The van der Waals surface area contributed by atoms with E-state index in [1.165, 1.54) is 16.7 Å². The Morgan fingerprint density at radius 3 is 2.63 bits per heavy atom. The van der Waals surface area contributed by atoms with E-state index in [1.54, 1.807) is 12.3 Å². The van der Waals surface area contributed by atoms with E-state index in [-0.39, 0.29) is 18.0 Å². The number of amides is 1. The summed E-state index contributed by atoms with van der Waals surface area (Å²) in [4.78, 5) is 29.8. The largest absolute Gasteiger partial charge is 0.310 e. The lowest BCUT2D eigenvalue weighted by Crippen LogP contribution is -2.23. The lowest BCUT2D eigenvalue weighted by Gasteiger charge is -2.11. The van der Waals surface area contributed by atoms with Crippen LogP contribution in [0, 0.1) is 0 Å². The molecule has 0 fully saturated rings. The molecule has 0 bridgehead atoms. The molecule has 7 heteroatoms. The summed E-state index contributed by atoms with van der Waals surface area (Å²) in [7, 11) is 0. The third-order valence-corrected chi connectivity index (χ3v) is 5.24. The van der Waals surface area contributed by atoms with Gasteiger partial charge in [-0.2, -0.15) is 0 Å². The third-order valence-electron chi connectivity index (χ3n) is 4.87. The first-order valence-electron chi connectivity index (χ1n) is 9.77. The molecule has 0 saturated heterocycles. The molecule has 0 unspecified atom stereocenters. The maximum Gasteiger partial charge on any atom is 0.259 e. The highest BCUT2D eigenvalue weighted by Gasteiger charge is 2.15.